The number of hydrogen-bond acceptors (Lipinski definition) is 4. The number of aliphatic hydroxyl groups is 1. The maximum absolute atomic E-state index is 9.37. The van der Waals surface area contributed by atoms with E-state index in [1.54, 1.807) is 4.68 Å². The summed E-state index contributed by atoms with van der Waals surface area (Å²) in [7, 11) is 1.88. The molecule has 21 heavy (non-hydrogen) atoms. The molecule has 0 amide bonds. The topological polar surface area (TPSA) is 60.2 Å². The molecule has 0 unspecified atom stereocenters. The van der Waals surface area contributed by atoms with Crippen LogP contribution in [0.25, 0.3) is 10.8 Å². The van der Waals surface area contributed by atoms with Gasteiger partial charge in [-0.05, 0) is 31.4 Å². The molecule has 0 saturated heterocycles. The zero-order valence-corrected chi connectivity index (χ0v) is 12.3. The summed E-state index contributed by atoms with van der Waals surface area (Å²) >= 11 is 0. The van der Waals surface area contributed by atoms with E-state index in [0.717, 1.165) is 22.2 Å². The van der Waals surface area contributed by atoms with Gasteiger partial charge in [0.05, 0.1) is 18.0 Å². The average molecular weight is 283 g/mol. The van der Waals surface area contributed by atoms with E-state index in [0.29, 0.717) is 17.3 Å². The number of aryl methyl sites for hydroxylation is 2. The standard InChI is InChI=1S/C16H17N3O2/c1-10-15(11(2)19(3)18-10)21-16-14-7-5-4-6-12(14)8-13(9-20)17-16/h4-8,20H,9H2,1-3H3. The van der Waals surface area contributed by atoms with Gasteiger partial charge in [-0.3, -0.25) is 4.68 Å². The number of pyridine rings is 1. The fraction of sp³-hybridized carbons (Fsp3) is 0.250. The van der Waals surface area contributed by atoms with Crippen molar-refractivity contribution in [2.45, 2.75) is 20.5 Å². The second-order valence-electron chi connectivity index (χ2n) is 5.02. The third-order valence-electron chi connectivity index (χ3n) is 3.56. The van der Waals surface area contributed by atoms with Crippen LogP contribution in [0.15, 0.2) is 30.3 Å². The van der Waals surface area contributed by atoms with Crippen LogP contribution in [-0.2, 0) is 13.7 Å². The van der Waals surface area contributed by atoms with Gasteiger partial charge in [-0.15, -0.1) is 0 Å². The van der Waals surface area contributed by atoms with Crippen molar-refractivity contribution < 1.29 is 9.84 Å². The van der Waals surface area contributed by atoms with E-state index in [1.807, 2.05) is 51.2 Å². The lowest BCUT2D eigenvalue weighted by Crippen LogP contribution is -1.97. The minimum Gasteiger partial charge on any atom is -0.434 e. The van der Waals surface area contributed by atoms with Gasteiger partial charge in [-0.2, -0.15) is 5.10 Å². The molecule has 1 N–H and O–H groups in total. The summed E-state index contributed by atoms with van der Waals surface area (Å²) in [6.07, 6.45) is 0. The van der Waals surface area contributed by atoms with Crippen molar-refractivity contribution in [3.05, 3.63) is 47.4 Å². The summed E-state index contributed by atoms with van der Waals surface area (Å²) < 4.78 is 7.79. The Bertz CT molecular complexity index is 809. The Morgan fingerprint density at radius 3 is 2.67 bits per heavy atom. The molecule has 0 atom stereocenters. The van der Waals surface area contributed by atoms with E-state index in [1.165, 1.54) is 0 Å². The van der Waals surface area contributed by atoms with Crippen molar-refractivity contribution >= 4 is 10.8 Å². The summed E-state index contributed by atoms with van der Waals surface area (Å²) in [4.78, 5) is 4.40. The van der Waals surface area contributed by atoms with Crippen molar-refractivity contribution in [3.8, 4) is 11.6 Å². The highest BCUT2D eigenvalue weighted by Gasteiger charge is 2.15. The average Bonchev–Trinajstić information content (AvgIpc) is 2.73. The number of fused-ring (bicyclic) bond motifs is 1. The molecule has 5 nitrogen and oxygen atoms in total. The number of aromatic nitrogens is 3. The molecule has 1 aromatic carbocycles. The molecular weight excluding hydrogens is 266 g/mol. The highest BCUT2D eigenvalue weighted by Crippen LogP contribution is 2.32. The minimum atomic E-state index is -0.119. The van der Waals surface area contributed by atoms with Gasteiger partial charge in [0.25, 0.3) is 0 Å². The quantitative estimate of drug-likeness (QED) is 0.803. The first-order valence-electron chi connectivity index (χ1n) is 6.77. The second-order valence-corrected chi connectivity index (χ2v) is 5.02. The first kappa shape index (κ1) is 13.6. The lowest BCUT2D eigenvalue weighted by atomic mass is 10.1. The molecule has 2 aromatic heterocycles. The van der Waals surface area contributed by atoms with Gasteiger partial charge in [0.15, 0.2) is 5.75 Å². The van der Waals surface area contributed by atoms with Crippen LogP contribution in [0.4, 0.5) is 0 Å². The molecule has 3 rings (SSSR count). The minimum absolute atomic E-state index is 0.119. The zero-order chi connectivity index (χ0) is 15.0. The monoisotopic (exact) mass is 283 g/mol. The van der Waals surface area contributed by atoms with Crippen LogP contribution in [0.5, 0.6) is 11.6 Å². The number of ether oxygens (including phenoxy) is 1. The number of hydrogen-bond donors (Lipinski definition) is 1. The summed E-state index contributed by atoms with van der Waals surface area (Å²) in [6.45, 7) is 3.74. The predicted molar refractivity (Wildman–Crippen MR) is 80.4 cm³/mol. The van der Waals surface area contributed by atoms with Gasteiger partial charge < -0.3 is 9.84 Å². The van der Waals surface area contributed by atoms with E-state index in [-0.39, 0.29) is 6.61 Å². The molecule has 2 heterocycles. The van der Waals surface area contributed by atoms with Crippen LogP contribution >= 0.6 is 0 Å². The Balaban J connectivity index is 2.15. The van der Waals surface area contributed by atoms with Gasteiger partial charge >= 0.3 is 0 Å². The van der Waals surface area contributed by atoms with E-state index >= 15 is 0 Å². The fourth-order valence-electron chi connectivity index (χ4n) is 2.38. The maximum atomic E-state index is 9.37. The highest BCUT2D eigenvalue weighted by atomic mass is 16.5. The normalized spacial score (nSPS) is 11.0. The number of aliphatic hydroxyl groups excluding tert-OH is 1. The molecule has 0 saturated carbocycles. The lowest BCUT2D eigenvalue weighted by Gasteiger charge is -2.10. The van der Waals surface area contributed by atoms with Gasteiger partial charge in [-0.1, -0.05) is 18.2 Å². The smallest absolute Gasteiger partial charge is 0.227 e. The SMILES string of the molecule is Cc1nn(C)c(C)c1Oc1nc(CO)cc2ccccc12. The Hall–Kier alpha value is -2.40. The molecular formula is C16H17N3O2. The maximum Gasteiger partial charge on any atom is 0.227 e. The van der Waals surface area contributed by atoms with Crippen molar-refractivity contribution in [3.63, 3.8) is 0 Å². The summed E-state index contributed by atoms with van der Waals surface area (Å²) in [5.74, 6) is 1.21. The third-order valence-corrected chi connectivity index (χ3v) is 3.56. The lowest BCUT2D eigenvalue weighted by molar-refractivity contribution is 0.275. The molecule has 108 valence electrons. The van der Waals surface area contributed by atoms with Crippen molar-refractivity contribution in [2.75, 3.05) is 0 Å². The molecule has 3 aromatic rings. The summed E-state index contributed by atoms with van der Waals surface area (Å²) in [5, 5.41) is 15.6. The first-order chi connectivity index (χ1) is 10.1. The molecule has 0 radical (unpaired) electrons. The zero-order valence-electron chi connectivity index (χ0n) is 12.3. The predicted octanol–water partition coefficient (Wildman–Crippen LogP) is 2.87. The fourth-order valence-corrected chi connectivity index (χ4v) is 2.38. The van der Waals surface area contributed by atoms with Crippen LogP contribution in [0.3, 0.4) is 0 Å². The molecule has 0 spiro atoms. The van der Waals surface area contributed by atoms with Crippen molar-refractivity contribution in [2.24, 2.45) is 7.05 Å². The first-order valence-corrected chi connectivity index (χ1v) is 6.77. The van der Waals surface area contributed by atoms with Gasteiger partial charge in [0.1, 0.15) is 5.69 Å². The molecule has 0 aliphatic rings. The van der Waals surface area contributed by atoms with Crippen molar-refractivity contribution in [1.29, 1.82) is 0 Å². The Kier molecular flexibility index (Phi) is 3.35. The summed E-state index contributed by atoms with van der Waals surface area (Å²) in [5.41, 5.74) is 2.34. The van der Waals surface area contributed by atoms with E-state index in [4.69, 9.17) is 4.74 Å². The largest absolute Gasteiger partial charge is 0.434 e. The Labute approximate surface area is 122 Å². The van der Waals surface area contributed by atoms with E-state index in [9.17, 15) is 5.11 Å². The molecule has 0 fully saturated rings. The molecule has 0 aliphatic carbocycles. The highest BCUT2D eigenvalue weighted by molar-refractivity contribution is 5.87. The van der Waals surface area contributed by atoms with Crippen molar-refractivity contribution in [1.82, 2.24) is 14.8 Å². The Morgan fingerprint density at radius 1 is 1.24 bits per heavy atom. The molecule has 0 bridgehead atoms. The summed E-state index contributed by atoms with van der Waals surface area (Å²) in [6, 6.07) is 9.70. The number of nitrogens with zero attached hydrogens (tertiary/aromatic N) is 3. The Morgan fingerprint density at radius 2 is 2.00 bits per heavy atom. The van der Waals surface area contributed by atoms with Gasteiger partial charge in [0.2, 0.25) is 5.88 Å². The van der Waals surface area contributed by atoms with Crippen LogP contribution in [-0.4, -0.2) is 19.9 Å². The molecule has 5 heteroatoms. The van der Waals surface area contributed by atoms with Crippen LogP contribution < -0.4 is 4.74 Å². The van der Waals surface area contributed by atoms with Crippen LogP contribution in [0.1, 0.15) is 17.1 Å². The molecule has 0 aliphatic heterocycles. The third kappa shape index (κ3) is 2.36. The van der Waals surface area contributed by atoms with Gasteiger partial charge in [0, 0.05) is 12.4 Å². The van der Waals surface area contributed by atoms with Crippen LogP contribution in [0, 0.1) is 13.8 Å². The number of rotatable bonds is 3. The second kappa shape index (κ2) is 5.18. The van der Waals surface area contributed by atoms with Gasteiger partial charge in [-0.25, -0.2) is 4.98 Å². The van der Waals surface area contributed by atoms with E-state index < -0.39 is 0 Å². The van der Waals surface area contributed by atoms with E-state index in [2.05, 4.69) is 10.1 Å². The number of benzene rings is 1. The van der Waals surface area contributed by atoms with Crippen LogP contribution in [0.2, 0.25) is 0 Å².